The standard InChI is InChI=1S/C19H15F3N2O2/c1-23-10-14(12-5-3-4-6-15(12)23)18(26)13-9-11(19(20,21)22)7-8-16(13)24(2)17(18)25/h3-10,26H,1-2H3/t18-/m1/s1. The van der Waals surface area contributed by atoms with Gasteiger partial charge in [-0.05, 0) is 24.3 Å². The Bertz CT molecular complexity index is 1050. The number of hydrogen-bond donors (Lipinski definition) is 1. The molecule has 26 heavy (non-hydrogen) atoms. The van der Waals surface area contributed by atoms with Crippen molar-refractivity contribution in [3.8, 4) is 0 Å². The van der Waals surface area contributed by atoms with Crippen LogP contribution >= 0.6 is 0 Å². The molecule has 0 spiro atoms. The summed E-state index contributed by atoms with van der Waals surface area (Å²) < 4.78 is 41.3. The van der Waals surface area contributed by atoms with Gasteiger partial charge in [-0.1, -0.05) is 18.2 Å². The number of carbonyl (C=O) groups is 1. The monoisotopic (exact) mass is 360 g/mol. The Balaban J connectivity index is 2.04. The van der Waals surface area contributed by atoms with E-state index in [9.17, 15) is 23.1 Å². The minimum atomic E-state index is -4.57. The van der Waals surface area contributed by atoms with Crippen LogP contribution < -0.4 is 4.90 Å². The van der Waals surface area contributed by atoms with Crippen molar-refractivity contribution in [1.82, 2.24) is 4.57 Å². The van der Waals surface area contributed by atoms with Gasteiger partial charge in [0.2, 0.25) is 0 Å². The lowest BCUT2D eigenvalue weighted by molar-refractivity contribution is -0.138. The summed E-state index contributed by atoms with van der Waals surface area (Å²) in [4.78, 5) is 14.1. The molecular weight excluding hydrogens is 345 g/mol. The van der Waals surface area contributed by atoms with Crippen molar-refractivity contribution in [3.63, 3.8) is 0 Å². The number of aryl methyl sites for hydroxylation is 1. The number of para-hydroxylation sites is 1. The summed E-state index contributed by atoms with van der Waals surface area (Å²) in [6, 6.07) is 10.1. The van der Waals surface area contributed by atoms with E-state index in [0.29, 0.717) is 5.39 Å². The van der Waals surface area contributed by atoms with E-state index in [0.717, 1.165) is 17.6 Å². The van der Waals surface area contributed by atoms with Gasteiger partial charge in [-0.15, -0.1) is 0 Å². The number of alkyl halides is 3. The maximum Gasteiger partial charge on any atom is 0.416 e. The first-order valence-electron chi connectivity index (χ1n) is 7.92. The van der Waals surface area contributed by atoms with E-state index in [4.69, 9.17) is 0 Å². The van der Waals surface area contributed by atoms with Crippen LogP contribution in [0.3, 0.4) is 0 Å². The molecule has 0 saturated carbocycles. The number of nitrogens with zero attached hydrogens (tertiary/aromatic N) is 2. The molecular formula is C19H15F3N2O2. The van der Waals surface area contributed by atoms with E-state index in [2.05, 4.69) is 0 Å². The van der Waals surface area contributed by atoms with E-state index in [1.165, 1.54) is 18.0 Å². The van der Waals surface area contributed by atoms with Crippen LogP contribution in [0.2, 0.25) is 0 Å². The summed E-state index contributed by atoms with van der Waals surface area (Å²) in [7, 11) is 3.20. The SMILES string of the molecule is CN1C(=O)[C@](O)(c2cn(C)c3ccccc23)c2cc(C(F)(F)F)ccc21. The quantitative estimate of drug-likeness (QED) is 0.723. The number of aliphatic hydroxyl groups is 1. The summed E-state index contributed by atoms with van der Waals surface area (Å²) in [6.07, 6.45) is -2.98. The lowest BCUT2D eigenvalue weighted by Gasteiger charge is -2.22. The normalized spacial score (nSPS) is 20.1. The van der Waals surface area contributed by atoms with Crippen molar-refractivity contribution >= 4 is 22.5 Å². The maximum atomic E-state index is 13.2. The first-order chi connectivity index (χ1) is 12.2. The first kappa shape index (κ1) is 16.7. The highest BCUT2D eigenvalue weighted by Crippen LogP contribution is 2.47. The van der Waals surface area contributed by atoms with Crippen LogP contribution in [0.25, 0.3) is 10.9 Å². The van der Waals surface area contributed by atoms with Gasteiger partial charge in [-0.2, -0.15) is 13.2 Å². The largest absolute Gasteiger partial charge is 0.416 e. The van der Waals surface area contributed by atoms with E-state index >= 15 is 0 Å². The lowest BCUT2D eigenvalue weighted by atomic mass is 9.86. The molecule has 3 aromatic rings. The van der Waals surface area contributed by atoms with Crippen LogP contribution in [0, 0.1) is 0 Å². The molecule has 1 aliphatic heterocycles. The Kier molecular flexibility index (Phi) is 3.27. The van der Waals surface area contributed by atoms with Gasteiger partial charge in [0.05, 0.1) is 11.3 Å². The number of benzene rings is 2. The fourth-order valence-electron chi connectivity index (χ4n) is 3.65. The molecule has 134 valence electrons. The molecule has 1 atom stereocenters. The number of rotatable bonds is 1. The van der Waals surface area contributed by atoms with Gasteiger partial charge in [0.15, 0.2) is 5.60 Å². The van der Waals surface area contributed by atoms with Crippen LogP contribution in [0.5, 0.6) is 0 Å². The molecule has 7 heteroatoms. The number of carbonyl (C=O) groups excluding carboxylic acids is 1. The van der Waals surface area contributed by atoms with Crippen LogP contribution in [0.4, 0.5) is 18.9 Å². The highest BCUT2D eigenvalue weighted by molar-refractivity contribution is 6.10. The molecule has 1 aromatic heterocycles. The van der Waals surface area contributed by atoms with Crippen LogP contribution in [-0.2, 0) is 23.6 Å². The van der Waals surface area contributed by atoms with Crippen molar-refractivity contribution in [2.24, 2.45) is 7.05 Å². The molecule has 0 bridgehead atoms. The highest BCUT2D eigenvalue weighted by atomic mass is 19.4. The van der Waals surface area contributed by atoms with Gasteiger partial charge in [0.1, 0.15) is 0 Å². The topological polar surface area (TPSA) is 45.5 Å². The second-order valence-corrected chi connectivity index (χ2v) is 6.48. The Hall–Kier alpha value is -2.80. The number of fused-ring (bicyclic) bond motifs is 2. The Morgan fingerprint density at radius 3 is 2.42 bits per heavy atom. The third kappa shape index (κ3) is 2.03. The maximum absolute atomic E-state index is 13.2. The number of halogens is 3. The zero-order valence-corrected chi connectivity index (χ0v) is 14.0. The van der Waals surface area contributed by atoms with Gasteiger partial charge >= 0.3 is 6.18 Å². The Morgan fingerprint density at radius 1 is 1.04 bits per heavy atom. The van der Waals surface area contributed by atoms with Gasteiger partial charge in [0.25, 0.3) is 5.91 Å². The van der Waals surface area contributed by atoms with Crippen LogP contribution in [0.1, 0.15) is 16.7 Å². The molecule has 4 rings (SSSR count). The molecule has 2 heterocycles. The number of amides is 1. The number of likely N-dealkylation sites (N-methyl/N-ethyl adjacent to an activating group) is 1. The smallest absolute Gasteiger partial charge is 0.372 e. The van der Waals surface area contributed by atoms with Crippen molar-refractivity contribution in [2.45, 2.75) is 11.8 Å². The van der Waals surface area contributed by atoms with E-state index < -0.39 is 23.2 Å². The van der Waals surface area contributed by atoms with Gasteiger partial charge < -0.3 is 14.6 Å². The molecule has 0 unspecified atom stereocenters. The second-order valence-electron chi connectivity index (χ2n) is 6.48. The van der Waals surface area contributed by atoms with E-state index in [1.54, 1.807) is 29.9 Å². The van der Waals surface area contributed by atoms with E-state index in [-0.39, 0.29) is 16.8 Å². The average Bonchev–Trinajstić information content (AvgIpc) is 3.04. The van der Waals surface area contributed by atoms with Gasteiger partial charge in [-0.3, -0.25) is 4.79 Å². The third-order valence-corrected chi connectivity index (χ3v) is 4.98. The molecule has 1 N–H and O–H groups in total. The fourth-order valence-corrected chi connectivity index (χ4v) is 3.65. The van der Waals surface area contributed by atoms with E-state index in [1.807, 2.05) is 12.1 Å². The van der Waals surface area contributed by atoms with Crippen molar-refractivity contribution in [1.29, 1.82) is 0 Å². The summed E-state index contributed by atoms with van der Waals surface area (Å²) in [6.45, 7) is 0. The van der Waals surface area contributed by atoms with Crippen molar-refractivity contribution in [3.05, 3.63) is 65.4 Å². The summed E-state index contributed by atoms with van der Waals surface area (Å²) >= 11 is 0. The second kappa shape index (κ2) is 5.11. The molecule has 1 amide bonds. The molecule has 0 saturated heterocycles. The van der Waals surface area contributed by atoms with Crippen molar-refractivity contribution < 1.29 is 23.1 Å². The predicted octanol–water partition coefficient (Wildman–Crippen LogP) is 3.41. The molecule has 1 aliphatic rings. The van der Waals surface area contributed by atoms with Gasteiger partial charge in [0, 0.05) is 42.3 Å². The minimum absolute atomic E-state index is 0.0591. The first-order valence-corrected chi connectivity index (χ1v) is 7.92. The van der Waals surface area contributed by atoms with Crippen molar-refractivity contribution in [2.75, 3.05) is 11.9 Å². The number of aromatic nitrogens is 1. The Morgan fingerprint density at radius 2 is 1.73 bits per heavy atom. The highest BCUT2D eigenvalue weighted by Gasteiger charge is 2.52. The molecule has 0 fully saturated rings. The number of anilines is 1. The predicted molar refractivity (Wildman–Crippen MR) is 90.8 cm³/mol. The number of hydrogen-bond acceptors (Lipinski definition) is 2. The summed E-state index contributed by atoms with van der Waals surface area (Å²) in [5.74, 6) is -0.678. The summed E-state index contributed by atoms with van der Waals surface area (Å²) in [5.41, 5.74) is -1.84. The average molecular weight is 360 g/mol. The minimum Gasteiger partial charge on any atom is -0.372 e. The zero-order valence-electron chi connectivity index (χ0n) is 14.0. The molecule has 2 aromatic carbocycles. The Labute approximate surface area is 147 Å². The van der Waals surface area contributed by atoms with Crippen LogP contribution in [-0.4, -0.2) is 22.6 Å². The summed E-state index contributed by atoms with van der Waals surface area (Å²) in [5, 5.41) is 12.0. The van der Waals surface area contributed by atoms with Gasteiger partial charge in [-0.25, -0.2) is 0 Å². The molecule has 4 nitrogen and oxygen atoms in total. The third-order valence-electron chi connectivity index (χ3n) is 4.98. The molecule has 0 aliphatic carbocycles. The fraction of sp³-hybridized carbons (Fsp3) is 0.211. The van der Waals surface area contributed by atoms with Crippen LogP contribution in [0.15, 0.2) is 48.7 Å². The molecule has 0 radical (unpaired) electrons. The zero-order chi connectivity index (χ0) is 18.9. The lowest BCUT2D eigenvalue weighted by Crippen LogP contribution is -2.39.